The van der Waals surface area contributed by atoms with Crippen LogP contribution in [-0.4, -0.2) is 31.4 Å². The third-order valence-electron chi connectivity index (χ3n) is 1.64. The maximum absolute atomic E-state index is 5.52. The Morgan fingerprint density at radius 2 is 2.11 bits per heavy atom. The topological polar surface area (TPSA) is 0 Å². The van der Waals surface area contributed by atoms with Crippen molar-refractivity contribution in [1.29, 1.82) is 0 Å². The van der Waals surface area contributed by atoms with Crippen LogP contribution in [0.2, 0.25) is 0 Å². The van der Waals surface area contributed by atoms with Crippen molar-refractivity contribution < 1.29 is 3.89 Å². The Kier molecular flexibility index (Phi) is 2.06. The Hall–Kier alpha value is 0.690. The number of hydrogen-bond donors (Lipinski definition) is 0. The summed E-state index contributed by atoms with van der Waals surface area (Å²) in [6.07, 6.45) is 0. The van der Waals surface area contributed by atoms with Gasteiger partial charge in [0, 0.05) is 0 Å². The van der Waals surface area contributed by atoms with Gasteiger partial charge in [0.1, 0.15) is 0 Å². The third kappa shape index (κ3) is 1.58. The molecule has 3 heteroatoms. The van der Waals surface area contributed by atoms with Crippen LogP contribution in [0.4, 0.5) is 0 Å². The SMILES string of the molecule is C#S[N+](C)(C)C1CI1C. The molecule has 0 spiro atoms. The second-order valence-electron chi connectivity index (χ2n) is 2.77. The van der Waals surface area contributed by atoms with E-state index in [0.29, 0.717) is 0 Å². The van der Waals surface area contributed by atoms with Crippen LogP contribution in [0.15, 0.2) is 0 Å². The Bertz CT molecular complexity index is 161. The van der Waals surface area contributed by atoms with E-state index in [1.807, 2.05) is 0 Å². The molecule has 1 atom stereocenters. The van der Waals surface area contributed by atoms with E-state index in [1.165, 1.54) is 15.8 Å². The Morgan fingerprint density at radius 1 is 1.67 bits per heavy atom. The third-order valence-corrected chi connectivity index (χ3v) is 8.20. The first kappa shape index (κ1) is 7.79. The molecular formula is C6H13INS+. The van der Waals surface area contributed by atoms with Crippen LogP contribution in [0.25, 0.3) is 0 Å². The Morgan fingerprint density at radius 3 is 2.22 bits per heavy atom. The van der Waals surface area contributed by atoms with Gasteiger partial charge in [0.2, 0.25) is 0 Å². The van der Waals surface area contributed by atoms with E-state index in [1.54, 1.807) is 0 Å². The summed E-state index contributed by atoms with van der Waals surface area (Å²) in [4.78, 5) is 2.44. The molecule has 9 heavy (non-hydrogen) atoms. The van der Waals surface area contributed by atoms with Crippen LogP contribution in [0.1, 0.15) is 0 Å². The van der Waals surface area contributed by atoms with Crippen molar-refractivity contribution in [3.8, 4) is 5.69 Å². The molecule has 0 aromatic rings. The standard InChI is InChI=1S/C6H13INS/c1-7-5-6(7)8(2,3)9-4/h4,6H,5H2,1-3H3/q+1. The van der Waals surface area contributed by atoms with Gasteiger partial charge in [0.15, 0.2) is 0 Å². The number of hydrogen-bond acceptors (Lipinski definition) is 0. The predicted octanol–water partition coefficient (Wildman–Crippen LogP) is 1.78. The minimum atomic E-state index is -0.424. The fourth-order valence-electron chi connectivity index (χ4n) is 0.801. The summed E-state index contributed by atoms with van der Waals surface area (Å²) in [7, 11) is 4.41. The zero-order chi connectivity index (χ0) is 7.07. The van der Waals surface area contributed by atoms with Crippen molar-refractivity contribution in [2.24, 2.45) is 0 Å². The zero-order valence-corrected chi connectivity index (χ0v) is 9.07. The fourth-order valence-corrected chi connectivity index (χ4v) is 9.04. The van der Waals surface area contributed by atoms with Crippen molar-refractivity contribution in [1.82, 2.24) is 0 Å². The van der Waals surface area contributed by atoms with E-state index in [2.05, 4.69) is 19.0 Å². The van der Waals surface area contributed by atoms with E-state index in [-0.39, 0.29) is 0 Å². The van der Waals surface area contributed by atoms with Crippen molar-refractivity contribution in [3.63, 3.8) is 0 Å². The van der Waals surface area contributed by atoms with Crippen molar-refractivity contribution in [2.45, 2.75) is 4.05 Å². The number of quaternary nitrogens is 1. The van der Waals surface area contributed by atoms with Crippen LogP contribution >= 0.6 is 31.2 Å². The number of nitrogens with zero attached hydrogens (tertiary/aromatic N) is 1. The van der Waals surface area contributed by atoms with Gasteiger partial charge in [-0.1, -0.05) is 0 Å². The summed E-state index contributed by atoms with van der Waals surface area (Å²) in [5, 5.41) is 0. The molecule has 1 nitrogen and oxygen atoms in total. The first-order valence-electron chi connectivity index (χ1n) is 2.84. The number of rotatable bonds is 1. The molecular weight excluding hydrogens is 245 g/mol. The van der Waals surface area contributed by atoms with Crippen LogP contribution in [0.5, 0.6) is 0 Å². The van der Waals surface area contributed by atoms with Crippen LogP contribution in [-0.2, 0) is 0 Å². The molecule has 0 aliphatic carbocycles. The quantitative estimate of drug-likeness (QED) is 0.221. The molecule has 0 bridgehead atoms. The summed E-state index contributed by atoms with van der Waals surface area (Å²) in [5.74, 6) is 0. The Labute approximate surface area is 68.1 Å². The average Bonchev–Trinajstić information content (AvgIpc) is 2.47. The fraction of sp³-hybridized carbons (Fsp3) is 0.833. The molecule has 0 amide bonds. The van der Waals surface area contributed by atoms with Gasteiger partial charge in [0.05, 0.1) is 0 Å². The number of halogens is 1. The normalized spacial score (nSPS) is 30.0. The van der Waals surface area contributed by atoms with Gasteiger partial charge < -0.3 is 0 Å². The molecule has 1 unspecified atom stereocenters. The average molecular weight is 258 g/mol. The molecule has 1 fully saturated rings. The first-order chi connectivity index (χ1) is 4.08. The van der Waals surface area contributed by atoms with Crippen molar-refractivity contribution in [2.75, 3.05) is 23.5 Å². The molecule has 0 N–H and O–H groups in total. The minimum absolute atomic E-state index is 0.424. The molecule has 1 aliphatic rings. The summed E-state index contributed by atoms with van der Waals surface area (Å²) in [5.41, 5.74) is 5.52. The molecule has 1 heterocycles. The molecule has 0 aromatic heterocycles. The summed E-state index contributed by atoms with van der Waals surface area (Å²) in [6, 6.07) is 0. The van der Waals surface area contributed by atoms with Crippen LogP contribution in [0.3, 0.4) is 0 Å². The molecule has 0 aromatic carbocycles. The molecule has 1 saturated heterocycles. The predicted molar refractivity (Wildman–Crippen MR) is 53.2 cm³/mol. The van der Waals surface area contributed by atoms with E-state index in [4.69, 9.17) is 5.69 Å². The zero-order valence-electron chi connectivity index (χ0n) is 6.10. The van der Waals surface area contributed by atoms with Crippen molar-refractivity contribution >= 4 is 31.2 Å². The second-order valence-corrected chi connectivity index (χ2v) is 9.89. The van der Waals surface area contributed by atoms with Crippen molar-refractivity contribution in [3.05, 3.63) is 0 Å². The van der Waals surface area contributed by atoms with E-state index in [9.17, 15) is 0 Å². The summed E-state index contributed by atoms with van der Waals surface area (Å²) < 4.78 is 3.45. The van der Waals surface area contributed by atoms with Gasteiger partial charge in [-0.2, -0.15) is 0 Å². The first-order valence-corrected chi connectivity index (χ1v) is 8.61. The van der Waals surface area contributed by atoms with E-state index < -0.39 is 19.8 Å². The monoisotopic (exact) mass is 258 g/mol. The summed E-state index contributed by atoms with van der Waals surface area (Å²) in [6.45, 7) is 0. The molecule has 54 valence electrons. The Balaban J connectivity index is 2.54. The van der Waals surface area contributed by atoms with Gasteiger partial charge in [-0.15, -0.1) is 0 Å². The molecule has 1 aliphatic heterocycles. The number of alkyl halides is 3. The van der Waals surface area contributed by atoms with E-state index >= 15 is 0 Å². The van der Waals surface area contributed by atoms with Gasteiger partial charge in [0.25, 0.3) is 0 Å². The second kappa shape index (κ2) is 2.38. The molecule has 0 saturated carbocycles. The van der Waals surface area contributed by atoms with Gasteiger partial charge in [-0.05, 0) is 0 Å². The van der Waals surface area contributed by atoms with Gasteiger partial charge >= 0.3 is 68.3 Å². The molecule has 1 rings (SSSR count). The van der Waals surface area contributed by atoms with Gasteiger partial charge in [-0.25, -0.2) is 0 Å². The van der Waals surface area contributed by atoms with Crippen LogP contribution < -0.4 is 0 Å². The van der Waals surface area contributed by atoms with E-state index in [0.717, 1.165) is 7.94 Å². The van der Waals surface area contributed by atoms with Gasteiger partial charge in [-0.3, -0.25) is 0 Å². The van der Waals surface area contributed by atoms with Crippen LogP contribution in [0, 0.1) is 5.69 Å². The maximum atomic E-state index is 5.52. The summed E-state index contributed by atoms with van der Waals surface area (Å²) >= 11 is 1.05. The molecule has 0 radical (unpaired) electrons.